The first kappa shape index (κ1) is 15.6. The van der Waals surface area contributed by atoms with Gasteiger partial charge in [-0.3, -0.25) is 0 Å². The predicted molar refractivity (Wildman–Crippen MR) is 81.6 cm³/mol. The van der Waals surface area contributed by atoms with E-state index < -0.39 is 0 Å². The Hall–Kier alpha value is -1.81. The summed E-state index contributed by atoms with van der Waals surface area (Å²) in [6.07, 6.45) is 5.64. The molecule has 2 aromatic rings. The van der Waals surface area contributed by atoms with Crippen LogP contribution in [0.4, 0.5) is 0 Å². The fraction of sp³-hybridized carbons (Fsp3) is 0.471. The van der Waals surface area contributed by atoms with E-state index in [9.17, 15) is 0 Å². The summed E-state index contributed by atoms with van der Waals surface area (Å²) in [5, 5.41) is 3.84. The average molecular weight is 289 g/mol. The molecule has 0 N–H and O–H groups in total. The van der Waals surface area contributed by atoms with E-state index in [1.807, 2.05) is 18.2 Å². The zero-order valence-electron chi connectivity index (χ0n) is 12.6. The quantitative estimate of drug-likeness (QED) is 0.624. The highest BCUT2D eigenvalue weighted by atomic mass is 16.5. The maximum Gasteiger partial charge on any atom is 0.124 e. The summed E-state index contributed by atoms with van der Waals surface area (Å²) in [4.78, 5) is 0. The molecule has 0 atom stereocenters. The van der Waals surface area contributed by atoms with Crippen molar-refractivity contribution in [2.24, 2.45) is 0 Å². The van der Waals surface area contributed by atoms with Gasteiger partial charge in [0.05, 0.1) is 18.9 Å². The summed E-state index contributed by atoms with van der Waals surface area (Å²) in [5.74, 6) is 0.949. The Morgan fingerprint density at radius 1 is 0.952 bits per heavy atom. The number of hydrogen-bond donors (Lipinski definition) is 0. The van der Waals surface area contributed by atoms with E-state index in [-0.39, 0.29) is 0 Å². The third-order valence-electron chi connectivity index (χ3n) is 3.22. The van der Waals surface area contributed by atoms with E-state index in [4.69, 9.17) is 14.0 Å². The van der Waals surface area contributed by atoms with E-state index in [0.717, 1.165) is 50.3 Å². The molecule has 114 valence electrons. The lowest BCUT2D eigenvalue weighted by Crippen LogP contribution is -2.02. The molecule has 0 aliphatic heterocycles. The van der Waals surface area contributed by atoms with Gasteiger partial charge in [0.15, 0.2) is 0 Å². The summed E-state index contributed by atoms with van der Waals surface area (Å²) < 4.78 is 16.0. The van der Waals surface area contributed by atoms with Crippen molar-refractivity contribution in [1.29, 1.82) is 0 Å². The average Bonchev–Trinajstić information content (AvgIpc) is 3.01. The molecular weight excluding hydrogens is 266 g/mol. The Bertz CT molecular complexity index is 479. The Morgan fingerprint density at radius 2 is 1.76 bits per heavy atom. The fourth-order valence-electron chi connectivity index (χ4n) is 1.95. The van der Waals surface area contributed by atoms with Crippen LogP contribution in [-0.4, -0.2) is 25.0 Å². The highest BCUT2D eigenvalue weighted by Gasteiger charge is 1.97. The van der Waals surface area contributed by atoms with E-state index >= 15 is 0 Å². The van der Waals surface area contributed by atoms with Gasteiger partial charge in [-0.2, -0.15) is 0 Å². The lowest BCUT2D eigenvalue weighted by molar-refractivity contribution is 0.130. The highest BCUT2D eigenvalue weighted by Crippen LogP contribution is 2.12. The summed E-state index contributed by atoms with van der Waals surface area (Å²) >= 11 is 0. The minimum atomic E-state index is 0.701. The number of rotatable bonds is 10. The summed E-state index contributed by atoms with van der Waals surface area (Å²) in [6.45, 7) is 4.34. The summed E-state index contributed by atoms with van der Waals surface area (Å²) in [6, 6.07) is 10.0. The molecule has 0 amide bonds. The minimum absolute atomic E-state index is 0.701. The molecule has 0 saturated heterocycles. The van der Waals surface area contributed by atoms with Crippen LogP contribution < -0.4 is 4.74 Å². The predicted octanol–water partition coefficient (Wildman–Crippen LogP) is 3.79. The van der Waals surface area contributed by atoms with Crippen LogP contribution in [0.25, 0.3) is 0 Å². The first-order chi connectivity index (χ1) is 10.3. The number of hydrogen-bond acceptors (Lipinski definition) is 4. The van der Waals surface area contributed by atoms with Gasteiger partial charge in [-0.15, -0.1) is 0 Å². The van der Waals surface area contributed by atoms with Crippen molar-refractivity contribution in [1.82, 2.24) is 5.16 Å². The largest absolute Gasteiger partial charge is 0.494 e. The molecule has 4 heteroatoms. The van der Waals surface area contributed by atoms with Gasteiger partial charge in [-0.1, -0.05) is 22.9 Å². The van der Waals surface area contributed by atoms with Gasteiger partial charge in [-0.05, 0) is 38.3 Å². The number of benzene rings is 1. The van der Waals surface area contributed by atoms with Crippen LogP contribution in [0.3, 0.4) is 0 Å². The molecule has 1 heterocycles. The number of aromatic nitrogens is 1. The molecule has 1 aromatic carbocycles. The van der Waals surface area contributed by atoms with Gasteiger partial charge >= 0.3 is 0 Å². The Balaban J connectivity index is 1.41. The van der Waals surface area contributed by atoms with E-state index in [1.54, 1.807) is 6.26 Å². The molecule has 0 spiro atoms. The van der Waals surface area contributed by atoms with Gasteiger partial charge in [0.1, 0.15) is 12.0 Å². The molecule has 0 aliphatic carbocycles. The number of unbranched alkanes of at least 4 members (excludes halogenated alkanes) is 2. The molecular formula is C17H23NO3. The molecule has 0 radical (unpaired) electrons. The molecule has 21 heavy (non-hydrogen) atoms. The third kappa shape index (κ3) is 6.45. The standard InChI is InChI=1S/C17H23NO3/c1-15-5-7-17(8-6-15)20-12-4-2-3-11-19-13-9-16-10-14-21-18-16/h5-8,10,14H,2-4,9,11-13H2,1H3. The van der Waals surface area contributed by atoms with E-state index in [0.29, 0.717) is 6.61 Å². The zero-order valence-corrected chi connectivity index (χ0v) is 12.6. The first-order valence-corrected chi connectivity index (χ1v) is 7.51. The van der Waals surface area contributed by atoms with Gasteiger partial charge in [-0.25, -0.2) is 0 Å². The molecule has 0 unspecified atom stereocenters. The number of nitrogens with zero attached hydrogens (tertiary/aromatic N) is 1. The van der Waals surface area contributed by atoms with Gasteiger partial charge < -0.3 is 14.0 Å². The van der Waals surface area contributed by atoms with Crippen LogP contribution >= 0.6 is 0 Å². The fourth-order valence-corrected chi connectivity index (χ4v) is 1.95. The normalized spacial score (nSPS) is 10.7. The van der Waals surface area contributed by atoms with Crippen molar-refractivity contribution in [3.05, 3.63) is 47.9 Å². The van der Waals surface area contributed by atoms with Crippen molar-refractivity contribution < 1.29 is 14.0 Å². The molecule has 1 aromatic heterocycles. The van der Waals surface area contributed by atoms with Crippen LogP contribution in [0.5, 0.6) is 5.75 Å². The van der Waals surface area contributed by atoms with Crippen molar-refractivity contribution in [3.63, 3.8) is 0 Å². The first-order valence-electron chi connectivity index (χ1n) is 7.51. The van der Waals surface area contributed by atoms with E-state index in [1.165, 1.54) is 5.56 Å². The molecule has 0 aliphatic rings. The highest BCUT2D eigenvalue weighted by molar-refractivity contribution is 5.26. The third-order valence-corrected chi connectivity index (χ3v) is 3.22. The van der Waals surface area contributed by atoms with Crippen molar-refractivity contribution >= 4 is 0 Å². The lowest BCUT2D eigenvalue weighted by Gasteiger charge is -2.06. The second-order valence-corrected chi connectivity index (χ2v) is 5.08. The SMILES string of the molecule is Cc1ccc(OCCCCCOCCc2ccon2)cc1. The van der Waals surface area contributed by atoms with Crippen molar-refractivity contribution in [2.45, 2.75) is 32.6 Å². The van der Waals surface area contributed by atoms with Gasteiger partial charge in [0.25, 0.3) is 0 Å². The minimum Gasteiger partial charge on any atom is -0.494 e. The Morgan fingerprint density at radius 3 is 2.52 bits per heavy atom. The monoisotopic (exact) mass is 289 g/mol. The van der Waals surface area contributed by atoms with E-state index in [2.05, 4.69) is 24.2 Å². The topological polar surface area (TPSA) is 44.5 Å². The number of ether oxygens (including phenoxy) is 2. The van der Waals surface area contributed by atoms with Crippen LogP contribution in [0.1, 0.15) is 30.5 Å². The molecule has 0 bridgehead atoms. The summed E-state index contributed by atoms with van der Waals surface area (Å²) in [7, 11) is 0. The van der Waals surface area contributed by atoms with Gasteiger partial charge in [0, 0.05) is 19.1 Å². The van der Waals surface area contributed by atoms with Crippen LogP contribution in [-0.2, 0) is 11.2 Å². The Labute approximate surface area is 126 Å². The Kier molecular flexibility index (Phi) is 6.81. The van der Waals surface area contributed by atoms with Crippen LogP contribution in [0, 0.1) is 6.92 Å². The smallest absolute Gasteiger partial charge is 0.124 e. The van der Waals surface area contributed by atoms with Crippen molar-refractivity contribution in [3.8, 4) is 5.75 Å². The zero-order chi connectivity index (χ0) is 14.8. The second kappa shape index (κ2) is 9.19. The van der Waals surface area contributed by atoms with Crippen LogP contribution in [0.2, 0.25) is 0 Å². The van der Waals surface area contributed by atoms with Gasteiger partial charge in [0.2, 0.25) is 0 Å². The second-order valence-electron chi connectivity index (χ2n) is 5.08. The molecule has 0 fully saturated rings. The maximum atomic E-state index is 5.68. The lowest BCUT2D eigenvalue weighted by atomic mass is 10.2. The maximum absolute atomic E-state index is 5.68. The summed E-state index contributed by atoms with van der Waals surface area (Å²) in [5.41, 5.74) is 2.20. The molecule has 0 saturated carbocycles. The molecule has 4 nitrogen and oxygen atoms in total. The number of aryl methyl sites for hydroxylation is 1. The van der Waals surface area contributed by atoms with Crippen molar-refractivity contribution in [2.75, 3.05) is 19.8 Å². The van der Waals surface area contributed by atoms with Crippen LogP contribution in [0.15, 0.2) is 41.1 Å². The molecule has 2 rings (SSSR count).